The first-order valence-electron chi connectivity index (χ1n) is 6.15. The van der Waals surface area contributed by atoms with Crippen LogP contribution in [-0.4, -0.2) is 24.5 Å². The van der Waals surface area contributed by atoms with Crippen LogP contribution in [0.15, 0.2) is 36.4 Å². The summed E-state index contributed by atoms with van der Waals surface area (Å²) in [5.74, 6) is -1.01. The van der Waals surface area contributed by atoms with E-state index in [4.69, 9.17) is 10.3 Å². The highest BCUT2D eigenvalue weighted by molar-refractivity contribution is 7.87. The van der Waals surface area contributed by atoms with Crippen molar-refractivity contribution in [3.05, 3.63) is 58.7 Å². The van der Waals surface area contributed by atoms with Crippen LogP contribution < -0.4 is 10.5 Å². The number of anilines is 2. The molecule has 4 N–H and O–H groups in total. The average Bonchev–Trinajstić information content (AvgIpc) is 2.42. The molecular weight excluding hydrogens is 308 g/mol. The van der Waals surface area contributed by atoms with Gasteiger partial charge in [0.2, 0.25) is 0 Å². The Kier molecular flexibility index (Phi) is 3.01. The summed E-state index contributed by atoms with van der Waals surface area (Å²) in [5.41, 5.74) is 5.90. The van der Waals surface area contributed by atoms with Crippen LogP contribution in [0.5, 0.6) is 0 Å². The Hall–Kier alpha value is -2.71. The standard InChI is InChI=1S/C14H10N2O5S/c15-9-5-1-3-7-11(9)13(17)8-4-2-6-10(12(8)14(7)18)16-22(19,20)21/h1-6,16H,15H2,(H,19,20,21). The summed E-state index contributed by atoms with van der Waals surface area (Å²) in [6.45, 7) is 0. The third-order valence-corrected chi connectivity index (χ3v) is 3.82. The third-order valence-electron chi connectivity index (χ3n) is 3.34. The van der Waals surface area contributed by atoms with Crippen molar-refractivity contribution in [3.8, 4) is 0 Å². The highest BCUT2D eigenvalue weighted by Gasteiger charge is 2.33. The first kappa shape index (κ1) is 14.2. The number of hydrogen-bond donors (Lipinski definition) is 3. The molecule has 8 heteroatoms. The summed E-state index contributed by atoms with van der Waals surface area (Å²) in [7, 11) is -4.58. The Bertz CT molecular complexity index is 934. The summed E-state index contributed by atoms with van der Waals surface area (Å²) >= 11 is 0. The molecule has 22 heavy (non-hydrogen) atoms. The van der Waals surface area contributed by atoms with Crippen molar-refractivity contribution >= 4 is 33.2 Å². The normalized spacial score (nSPS) is 13.5. The fourth-order valence-electron chi connectivity index (χ4n) is 2.49. The molecule has 1 aliphatic carbocycles. The van der Waals surface area contributed by atoms with Gasteiger partial charge in [0, 0.05) is 16.8 Å². The van der Waals surface area contributed by atoms with Crippen molar-refractivity contribution in [2.45, 2.75) is 0 Å². The van der Waals surface area contributed by atoms with Crippen LogP contribution in [0.25, 0.3) is 0 Å². The number of fused-ring (bicyclic) bond motifs is 2. The molecule has 0 fully saturated rings. The molecule has 0 bridgehead atoms. The Morgan fingerprint density at radius 3 is 2.09 bits per heavy atom. The van der Waals surface area contributed by atoms with Crippen molar-refractivity contribution < 1.29 is 22.6 Å². The van der Waals surface area contributed by atoms with Crippen molar-refractivity contribution in [3.63, 3.8) is 0 Å². The molecule has 0 unspecified atom stereocenters. The predicted octanol–water partition coefficient (Wildman–Crippen LogP) is 1.26. The third kappa shape index (κ3) is 2.14. The van der Waals surface area contributed by atoms with Crippen LogP contribution in [0.3, 0.4) is 0 Å². The van der Waals surface area contributed by atoms with Crippen LogP contribution in [0.4, 0.5) is 11.4 Å². The molecule has 2 aromatic carbocycles. The zero-order chi connectivity index (χ0) is 16.1. The molecule has 0 saturated carbocycles. The quantitative estimate of drug-likeness (QED) is 0.482. The molecular formula is C14H10N2O5S. The minimum atomic E-state index is -4.58. The van der Waals surface area contributed by atoms with Crippen molar-refractivity contribution in [1.82, 2.24) is 0 Å². The molecule has 1 aliphatic rings. The first-order chi connectivity index (χ1) is 10.3. The number of benzene rings is 2. The molecule has 3 rings (SSSR count). The summed E-state index contributed by atoms with van der Waals surface area (Å²) in [6, 6.07) is 8.58. The molecule has 112 valence electrons. The lowest BCUT2D eigenvalue weighted by atomic mass is 9.82. The monoisotopic (exact) mass is 318 g/mol. The van der Waals surface area contributed by atoms with Crippen LogP contribution >= 0.6 is 0 Å². The maximum atomic E-state index is 12.6. The Morgan fingerprint density at radius 1 is 0.909 bits per heavy atom. The van der Waals surface area contributed by atoms with Crippen LogP contribution in [-0.2, 0) is 10.3 Å². The van der Waals surface area contributed by atoms with E-state index in [2.05, 4.69) is 0 Å². The van der Waals surface area contributed by atoms with Gasteiger partial charge in [0.25, 0.3) is 0 Å². The molecule has 0 amide bonds. The van der Waals surface area contributed by atoms with Crippen LogP contribution in [0.2, 0.25) is 0 Å². The number of ketones is 2. The fraction of sp³-hybridized carbons (Fsp3) is 0. The van der Waals surface area contributed by atoms with Gasteiger partial charge in [-0.1, -0.05) is 24.3 Å². The lowest BCUT2D eigenvalue weighted by Crippen LogP contribution is -2.24. The van der Waals surface area contributed by atoms with E-state index in [-0.39, 0.29) is 33.6 Å². The molecule has 7 nitrogen and oxygen atoms in total. The topological polar surface area (TPSA) is 127 Å². The fourth-order valence-corrected chi connectivity index (χ4v) is 2.94. The van der Waals surface area contributed by atoms with E-state index in [1.807, 2.05) is 4.72 Å². The SMILES string of the molecule is Nc1cccc2c1C(=O)c1cccc(NS(=O)(=O)O)c1C2=O. The van der Waals surface area contributed by atoms with E-state index in [0.29, 0.717) is 0 Å². The number of nitrogens with one attached hydrogen (secondary N) is 1. The second-order valence-electron chi connectivity index (χ2n) is 4.73. The largest absolute Gasteiger partial charge is 0.398 e. The van der Waals surface area contributed by atoms with E-state index < -0.39 is 21.9 Å². The zero-order valence-corrected chi connectivity index (χ0v) is 11.8. The van der Waals surface area contributed by atoms with Gasteiger partial charge in [-0.05, 0) is 12.1 Å². The van der Waals surface area contributed by atoms with Gasteiger partial charge in [-0.2, -0.15) is 8.42 Å². The van der Waals surface area contributed by atoms with E-state index in [0.717, 1.165) is 0 Å². The van der Waals surface area contributed by atoms with E-state index in [9.17, 15) is 18.0 Å². The highest BCUT2D eigenvalue weighted by atomic mass is 32.2. The van der Waals surface area contributed by atoms with Crippen molar-refractivity contribution in [1.29, 1.82) is 0 Å². The molecule has 0 aliphatic heterocycles. The summed E-state index contributed by atoms with van der Waals surface area (Å²) in [4.78, 5) is 25.1. The smallest absolute Gasteiger partial charge is 0.357 e. The number of nitrogen functional groups attached to an aromatic ring is 1. The number of carbonyl (C=O) groups is 2. The number of nitrogens with two attached hydrogens (primary N) is 1. The van der Waals surface area contributed by atoms with Crippen molar-refractivity contribution in [2.24, 2.45) is 0 Å². The molecule has 0 atom stereocenters. The van der Waals surface area contributed by atoms with Gasteiger partial charge in [-0.3, -0.25) is 18.9 Å². The summed E-state index contributed by atoms with van der Waals surface area (Å²) in [5, 5.41) is 0. The Balaban J connectivity index is 2.28. The molecule has 0 aromatic heterocycles. The van der Waals surface area contributed by atoms with Crippen LogP contribution in [0.1, 0.15) is 31.8 Å². The lowest BCUT2D eigenvalue weighted by Gasteiger charge is -2.21. The summed E-state index contributed by atoms with van der Waals surface area (Å²) in [6.07, 6.45) is 0. The van der Waals surface area contributed by atoms with Gasteiger partial charge in [-0.15, -0.1) is 0 Å². The van der Waals surface area contributed by atoms with Gasteiger partial charge in [0.15, 0.2) is 11.6 Å². The maximum absolute atomic E-state index is 12.6. The first-order valence-corrected chi connectivity index (χ1v) is 7.60. The van der Waals surface area contributed by atoms with Gasteiger partial charge < -0.3 is 5.73 Å². The van der Waals surface area contributed by atoms with Crippen molar-refractivity contribution in [2.75, 3.05) is 10.5 Å². The van der Waals surface area contributed by atoms with Gasteiger partial charge in [-0.25, -0.2) is 0 Å². The molecule has 0 radical (unpaired) electrons. The number of hydrogen-bond acceptors (Lipinski definition) is 5. The minimum Gasteiger partial charge on any atom is -0.398 e. The second-order valence-corrected chi connectivity index (χ2v) is 5.89. The van der Waals surface area contributed by atoms with Crippen LogP contribution in [0, 0.1) is 0 Å². The summed E-state index contributed by atoms with van der Waals surface area (Å²) < 4.78 is 32.7. The van der Waals surface area contributed by atoms with Gasteiger partial charge in [0.1, 0.15) is 0 Å². The zero-order valence-electron chi connectivity index (χ0n) is 11.0. The Morgan fingerprint density at radius 2 is 1.45 bits per heavy atom. The second kappa shape index (κ2) is 4.65. The van der Waals surface area contributed by atoms with E-state index in [1.165, 1.54) is 36.4 Å². The number of carbonyl (C=O) groups excluding carboxylic acids is 2. The maximum Gasteiger partial charge on any atom is 0.357 e. The minimum absolute atomic E-state index is 0.0315. The predicted molar refractivity (Wildman–Crippen MR) is 79.3 cm³/mol. The van der Waals surface area contributed by atoms with E-state index in [1.54, 1.807) is 0 Å². The molecule has 2 aromatic rings. The van der Waals surface area contributed by atoms with E-state index >= 15 is 0 Å². The average molecular weight is 318 g/mol. The number of rotatable bonds is 2. The molecule has 0 heterocycles. The van der Waals surface area contributed by atoms with Gasteiger partial charge >= 0.3 is 10.3 Å². The molecule has 0 spiro atoms. The van der Waals surface area contributed by atoms with Gasteiger partial charge in [0.05, 0.1) is 16.8 Å². The Labute approximate surface area is 125 Å². The molecule has 0 saturated heterocycles. The lowest BCUT2D eigenvalue weighted by molar-refractivity contribution is 0.0980. The highest BCUT2D eigenvalue weighted by Crippen LogP contribution is 2.34.